The van der Waals surface area contributed by atoms with E-state index in [0.717, 1.165) is 15.6 Å². The highest BCUT2D eigenvalue weighted by Crippen LogP contribution is 2.36. The van der Waals surface area contributed by atoms with Crippen LogP contribution in [0.3, 0.4) is 0 Å². The van der Waals surface area contributed by atoms with Crippen molar-refractivity contribution in [2.75, 3.05) is 12.4 Å². The number of methoxy groups -OCH3 is 1. The zero-order valence-corrected chi connectivity index (χ0v) is 17.3. The third kappa shape index (κ3) is 6.08. The third-order valence-corrected chi connectivity index (χ3v) is 4.48. The van der Waals surface area contributed by atoms with Crippen LogP contribution in [0.4, 0.5) is 10.5 Å². The minimum atomic E-state index is -0.429. The molecule has 0 aliphatic heterocycles. The molecule has 2 N–H and O–H groups in total. The fourth-order valence-corrected chi connectivity index (χ4v) is 3.10. The lowest BCUT2D eigenvalue weighted by molar-refractivity contribution is 0.252. The van der Waals surface area contributed by atoms with Crippen LogP contribution >= 0.6 is 15.9 Å². The molecule has 0 saturated carbocycles. The zero-order chi connectivity index (χ0) is 20.5. The summed E-state index contributed by atoms with van der Waals surface area (Å²) in [6, 6.07) is 22.2. The monoisotopic (exact) mass is 453 g/mol. The highest BCUT2D eigenvalue weighted by atomic mass is 79.9. The van der Waals surface area contributed by atoms with Crippen LogP contribution in [0, 0.1) is 0 Å². The molecule has 0 aliphatic carbocycles. The average Bonchev–Trinajstić information content (AvgIpc) is 2.74. The van der Waals surface area contributed by atoms with Gasteiger partial charge in [0.05, 0.1) is 17.8 Å². The Morgan fingerprint density at radius 1 is 1.07 bits per heavy atom. The smallest absolute Gasteiger partial charge is 0.339 e. The van der Waals surface area contributed by atoms with E-state index in [0.29, 0.717) is 23.8 Å². The number of rotatable bonds is 7. The van der Waals surface area contributed by atoms with E-state index in [1.807, 2.05) is 54.6 Å². The molecule has 0 aromatic heterocycles. The van der Waals surface area contributed by atoms with Gasteiger partial charge < -0.3 is 14.8 Å². The predicted octanol–water partition coefficient (Wildman–Crippen LogP) is 5.19. The first kappa shape index (κ1) is 20.4. The SMILES string of the molecule is COc1cc(/C=N\NC(=O)Nc2ccccc2)cc(Br)c1OCc1ccccc1. The van der Waals surface area contributed by atoms with E-state index in [4.69, 9.17) is 9.47 Å². The number of urea groups is 1. The molecule has 0 aliphatic rings. The second-order valence-electron chi connectivity index (χ2n) is 6.00. The van der Waals surface area contributed by atoms with E-state index in [2.05, 4.69) is 31.8 Å². The Balaban J connectivity index is 1.63. The summed E-state index contributed by atoms with van der Waals surface area (Å²) in [6.07, 6.45) is 1.53. The molecule has 7 heteroatoms. The van der Waals surface area contributed by atoms with Gasteiger partial charge in [0.15, 0.2) is 11.5 Å². The molecule has 3 aromatic carbocycles. The van der Waals surface area contributed by atoms with Crippen LogP contribution in [-0.2, 0) is 6.61 Å². The van der Waals surface area contributed by atoms with Crippen molar-refractivity contribution in [3.63, 3.8) is 0 Å². The zero-order valence-electron chi connectivity index (χ0n) is 15.8. The van der Waals surface area contributed by atoms with Gasteiger partial charge in [0.25, 0.3) is 0 Å². The Morgan fingerprint density at radius 2 is 1.76 bits per heavy atom. The number of amides is 2. The number of carbonyl (C=O) groups excluding carboxylic acids is 1. The number of anilines is 1. The number of halogens is 1. The molecule has 3 aromatic rings. The Hall–Kier alpha value is -3.32. The number of hydrazone groups is 1. The molecule has 0 bridgehead atoms. The number of nitrogens with zero attached hydrogens (tertiary/aromatic N) is 1. The number of ether oxygens (including phenoxy) is 2. The molecule has 6 nitrogen and oxygen atoms in total. The molecule has 148 valence electrons. The van der Waals surface area contributed by atoms with Gasteiger partial charge in [-0.2, -0.15) is 5.10 Å². The van der Waals surface area contributed by atoms with Gasteiger partial charge in [-0.15, -0.1) is 0 Å². The highest BCUT2D eigenvalue weighted by Gasteiger charge is 2.11. The largest absolute Gasteiger partial charge is 0.493 e. The minimum Gasteiger partial charge on any atom is -0.493 e. The van der Waals surface area contributed by atoms with Gasteiger partial charge in [0, 0.05) is 5.69 Å². The summed E-state index contributed by atoms with van der Waals surface area (Å²) in [5, 5.41) is 6.66. The van der Waals surface area contributed by atoms with Gasteiger partial charge in [0.1, 0.15) is 6.61 Å². The minimum absolute atomic E-state index is 0.421. The van der Waals surface area contributed by atoms with Crippen molar-refractivity contribution in [2.24, 2.45) is 5.10 Å². The summed E-state index contributed by atoms with van der Waals surface area (Å²) in [6.45, 7) is 0.421. The number of para-hydroxylation sites is 1. The van der Waals surface area contributed by atoms with Crippen LogP contribution in [0.1, 0.15) is 11.1 Å². The van der Waals surface area contributed by atoms with E-state index >= 15 is 0 Å². The van der Waals surface area contributed by atoms with Crippen molar-refractivity contribution in [3.8, 4) is 11.5 Å². The second-order valence-corrected chi connectivity index (χ2v) is 6.85. The van der Waals surface area contributed by atoms with Crippen molar-refractivity contribution >= 4 is 33.9 Å². The second kappa shape index (κ2) is 10.3. The maximum absolute atomic E-state index is 11.9. The summed E-state index contributed by atoms with van der Waals surface area (Å²) in [7, 11) is 1.57. The Labute approximate surface area is 177 Å². The Bertz CT molecular complexity index is 979. The van der Waals surface area contributed by atoms with Gasteiger partial charge in [-0.1, -0.05) is 48.5 Å². The van der Waals surface area contributed by atoms with Crippen LogP contribution in [0.15, 0.2) is 82.4 Å². The van der Waals surface area contributed by atoms with Crippen LogP contribution in [0.5, 0.6) is 11.5 Å². The highest BCUT2D eigenvalue weighted by molar-refractivity contribution is 9.10. The van der Waals surface area contributed by atoms with Crippen molar-refractivity contribution in [1.29, 1.82) is 0 Å². The maximum Gasteiger partial charge on any atom is 0.339 e. The molecule has 0 unspecified atom stereocenters. The van der Waals surface area contributed by atoms with Crippen molar-refractivity contribution in [1.82, 2.24) is 5.43 Å². The number of benzene rings is 3. The van der Waals surface area contributed by atoms with Crippen LogP contribution < -0.4 is 20.2 Å². The lowest BCUT2D eigenvalue weighted by Crippen LogP contribution is -2.24. The first-order valence-corrected chi connectivity index (χ1v) is 9.64. The molecule has 0 atom stereocenters. The van der Waals surface area contributed by atoms with Crippen LogP contribution in [0.25, 0.3) is 0 Å². The van der Waals surface area contributed by atoms with E-state index in [9.17, 15) is 4.79 Å². The number of nitrogens with one attached hydrogen (secondary N) is 2. The first-order valence-electron chi connectivity index (χ1n) is 8.85. The van der Waals surface area contributed by atoms with Gasteiger partial charge in [-0.25, -0.2) is 10.2 Å². The van der Waals surface area contributed by atoms with Gasteiger partial charge in [-0.05, 0) is 51.3 Å². The van der Waals surface area contributed by atoms with Gasteiger partial charge in [-0.3, -0.25) is 0 Å². The van der Waals surface area contributed by atoms with Gasteiger partial charge >= 0.3 is 6.03 Å². The quantitative estimate of drug-likeness (QED) is 0.381. The molecular weight excluding hydrogens is 434 g/mol. The van der Waals surface area contributed by atoms with E-state index in [1.165, 1.54) is 6.21 Å². The summed E-state index contributed by atoms with van der Waals surface area (Å²) in [4.78, 5) is 11.9. The molecule has 0 saturated heterocycles. The molecule has 0 fully saturated rings. The summed E-state index contributed by atoms with van der Waals surface area (Å²) >= 11 is 3.51. The molecular formula is C22H20BrN3O3. The topological polar surface area (TPSA) is 72.0 Å². The first-order chi connectivity index (χ1) is 14.2. The molecule has 0 radical (unpaired) electrons. The molecule has 2 amide bonds. The lowest BCUT2D eigenvalue weighted by Gasteiger charge is -2.13. The molecule has 0 spiro atoms. The van der Waals surface area contributed by atoms with Gasteiger partial charge in [0.2, 0.25) is 0 Å². The molecule has 0 heterocycles. The predicted molar refractivity (Wildman–Crippen MR) is 118 cm³/mol. The molecule has 29 heavy (non-hydrogen) atoms. The Morgan fingerprint density at radius 3 is 2.45 bits per heavy atom. The summed E-state index contributed by atoms with van der Waals surface area (Å²) < 4.78 is 12.1. The van der Waals surface area contributed by atoms with Crippen LogP contribution in [-0.4, -0.2) is 19.4 Å². The Kier molecular flexibility index (Phi) is 7.24. The summed E-state index contributed by atoms with van der Waals surface area (Å²) in [5.41, 5.74) is 4.91. The third-order valence-electron chi connectivity index (χ3n) is 3.89. The number of hydrogen-bond acceptors (Lipinski definition) is 4. The molecule has 3 rings (SSSR count). The van der Waals surface area contributed by atoms with Crippen molar-refractivity contribution < 1.29 is 14.3 Å². The standard InChI is InChI=1S/C22H20BrN3O3/c1-28-20-13-17(14-24-26-22(27)25-18-10-6-3-7-11-18)12-19(23)21(20)29-15-16-8-4-2-5-9-16/h2-14H,15H2,1H3,(H2,25,26,27)/b24-14-. The fourth-order valence-electron chi connectivity index (χ4n) is 2.53. The fraction of sp³-hybridized carbons (Fsp3) is 0.0909. The van der Waals surface area contributed by atoms with Crippen molar-refractivity contribution in [3.05, 3.63) is 88.4 Å². The van der Waals surface area contributed by atoms with E-state index in [1.54, 1.807) is 25.3 Å². The lowest BCUT2D eigenvalue weighted by atomic mass is 10.2. The van der Waals surface area contributed by atoms with E-state index < -0.39 is 6.03 Å². The van der Waals surface area contributed by atoms with Crippen molar-refractivity contribution in [2.45, 2.75) is 6.61 Å². The van der Waals surface area contributed by atoms with E-state index in [-0.39, 0.29) is 0 Å². The number of hydrogen-bond donors (Lipinski definition) is 2. The normalized spacial score (nSPS) is 10.6. The summed E-state index contributed by atoms with van der Waals surface area (Å²) in [5.74, 6) is 1.16. The average molecular weight is 454 g/mol. The maximum atomic E-state index is 11.9. The number of carbonyl (C=O) groups is 1. The van der Waals surface area contributed by atoms with Crippen LogP contribution in [0.2, 0.25) is 0 Å².